The number of halogens is 2. The molecule has 15 heteroatoms. The highest BCUT2D eigenvalue weighted by atomic mass is 32.2. The second kappa shape index (κ2) is 12.9. The molecule has 6 heterocycles. The van der Waals surface area contributed by atoms with Crippen LogP contribution in [0.1, 0.15) is 93.4 Å². The Labute approximate surface area is 296 Å². The van der Waals surface area contributed by atoms with Crippen molar-refractivity contribution in [2.45, 2.75) is 96.7 Å². The van der Waals surface area contributed by atoms with Crippen LogP contribution in [-0.4, -0.2) is 84.7 Å². The Balaban J connectivity index is 1.23. The summed E-state index contributed by atoms with van der Waals surface area (Å²) in [7, 11) is -2.78. The topological polar surface area (TPSA) is 143 Å². The predicted molar refractivity (Wildman–Crippen MR) is 189 cm³/mol. The van der Waals surface area contributed by atoms with E-state index in [9.17, 15) is 31.3 Å². The largest absolute Gasteiger partial charge is 0.348 e. The van der Waals surface area contributed by atoms with Crippen LogP contribution >= 0.6 is 0 Å². The van der Waals surface area contributed by atoms with E-state index in [0.29, 0.717) is 27.6 Å². The molecule has 1 saturated heterocycles. The van der Waals surface area contributed by atoms with Gasteiger partial charge in [-0.15, -0.1) is 0 Å². The maximum absolute atomic E-state index is 14.4. The van der Waals surface area contributed by atoms with Gasteiger partial charge in [0.25, 0.3) is 11.8 Å². The van der Waals surface area contributed by atoms with Crippen LogP contribution in [0.3, 0.4) is 0 Å². The van der Waals surface area contributed by atoms with Crippen LogP contribution in [0, 0.1) is 5.41 Å². The molecule has 3 aromatic heterocycles. The summed E-state index contributed by atoms with van der Waals surface area (Å²) >= 11 is 0. The number of nitrogens with zero attached hydrogens (tertiary/aromatic N) is 6. The highest BCUT2D eigenvalue weighted by Crippen LogP contribution is 2.36. The third kappa shape index (κ3) is 6.75. The van der Waals surface area contributed by atoms with E-state index in [-0.39, 0.29) is 25.0 Å². The lowest BCUT2D eigenvalue weighted by molar-refractivity contribution is -0.130. The van der Waals surface area contributed by atoms with E-state index < -0.39 is 53.0 Å². The van der Waals surface area contributed by atoms with Gasteiger partial charge in [0, 0.05) is 62.4 Å². The van der Waals surface area contributed by atoms with Gasteiger partial charge < -0.3 is 19.4 Å². The molecule has 2 atom stereocenters. The monoisotopic (exact) mass is 725 g/mol. The number of hydrogen-bond acceptors (Lipinski definition) is 6. The van der Waals surface area contributed by atoms with E-state index >= 15 is 0 Å². The third-order valence-corrected chi connectivity index (χ3v) is 12.0. The van der Waals surface area contributed by atoms with Gasteiger partial charge in [-0.2, -0.15) is 12.7 Å². The van der Waals surface area contributed by atoms with Crippen molar-refractivity contribution in [2.24, 2.45) is 12.5 Å². The van der Waals surface area contributed by atoms with Crippen LogP contribution in [0.15, 0.2) is 30.3 Å². The summed E-state index contributed by atoms with van der Waals surface area (Å²) in [5.41, 5.74) is 4.62. The van der Waals surface area contributed by atoms with E-state index in [1.165, 1.54) is 4.90 Å². The zero-order valence-electron chi connectivity index (χ0n) is 29.5. The van der Waals surface area contributed by atoms with Gasteiger partial charge in [0.05, 0.1) is 34.5 Å². The predicted octanol–water partition coefficient (Wildman–Crippen LogP) is 5.66. The number of pyridine rings is 1. The molecule has 51 heavy (non-hydrogen) atoms. The first-order valence-corrected chi connectivity index (χ1v) is 19.1. The molecule has 0 unspecified atom stereocenters. The summed E-state index contributed by atoms with van der Waals surface area (Å²) in [4.78, 5) is 38.4. The SMILES string of the molecule is C[C@H]1NC(=O)C(C)(C)CCCCCCn2c(-c3nc4cc5c(cc4n3C)CCN(C[C@H]3CC(F)(F)CCN3S(=O)(=O)O)C5=O)cc3ccc1nc32. The van der Waals surface area contributed by atoms with Crippen molar-refractivity contribution in [1.82, 2.24) is 33.6 Å². The number of piperidine rings is 1. The summed E-state index contributed by atoms with van der Waals surface area (Å²) in [6.07, 6.45) is 3.70. The average molecular weight is 726 g/mol. The Bertz CT molecular complexity index is 2140. The lowest BCUT2D eigenvalue weighted by Gasteiger charge is -2.40. The molecule has 0 radical (unpaired) electrons. The number of imidazole rings is 1. The van der Waals surface area contributed by atoms with E-state index in [2.05, 4.69) is 16.0 Å². The minimum Gasteiger partial charge on any atom is -0.348 e. The summed E-state index contributed by atoms with van der Waals surface area (Å²) in [6, 6.07) is 8.20. The zero-order chi connectivity index (χ0) is 36.5. The molecule has 2 N–H and O–H groups in total. The molecule has 3 aliphatic heterocycles. The molecule has 2 bridgehead atoms. The first-order chi connectivity index (χ1) is 24.0. The molecular formula is C36H45F2N7O5S. The number of benzene rings is 1. The fourth-order valence-corrected chi connectivity index (χ4v) is 8.74. The fourth-order valence-electron chi connectivity index (χ4n) is 7.90. The molecule has 3 aliphatic rings. The quantitative estimate of drug-likeness (QED) is 0.259. The molecule has 7 rings (SSSR count). The molecule has 274 valence electrons. The lowest BCUT2D eigenvalue weighted by Crippen LogP contribution is -2.55. The summed E-state index contributed by atoms with van der Waals surface area (Å²) in [5.74, 6) is -2.77. The molecule has 2 amide bonds. The maximum atomic E-state index is 14.4. The summed E-state index contributed by atoms with van der Waals surface area (Å²) in [6.45, 7) is 6.12. The third-order valence-electron chi connectivity index (χ3n) is 11.0. The molecule has 0 aliphatic carbocycles. The number of aryl methyl sites for hydroxylation is 2. The smallest absolute Gasteiger partial charge is 0.336 e. The number of rotatable bonds is 4. The summed E-state index contributed by atoms with van der Waals surface area (Å²) < 4.78 is 67.3. The van der Waals surface area contributed by atoms with Gasteiger partial charge in [0.2, 0.25) is 5.91 Å². The van der Waals surface area contributed by atoms with Crippen LogP contribution in [-0.2, 0) is 35.1 Å². The minimum atomic E-state index is -4.72. The van der Waals surface area contributed by atoms with Crippen LogP contribution in [0.25, 0.3) is 33.6 Å². The average Bonchev–Trinajstić information content (AvgIpc) is 3.57. The van der Waals surface area contributed by atoms with Gasteiger partial charge in [-0.05, 0) is 62.1 Å². The van der Waals surface area contributed by atoms with Gasteiger partial charge >= 0.3 is 10.3 Å². The van der Waals surface area contributed by atoms with Crippen LogP contribution in [0.2, 0.25) is 0 Å². The zero-order valence-corrected chi connectivity index (χ0v) is 30.3. The number of carbonyl (C=O) groups is 2. The fraction of sp³-hybridized carbons (Fsp3) is 0.556. The van der Waals surface area contributed by atoms with Gasteiger partial charge in [0.1, 0.15) is 5.65 Å². The first-order valence-electron chi connectivity index (χ1n) is 17.7. The van der Waals surface area contributed by atoms with E-state index in [0.717, 1.165) is 72.2 Å². The second-order valence-corrected chi connectivity index (χ2v) is 16.5. The first kappa shape index (κ1) is 35.5. The second-order valence-electron chi connectivity index (χ2n) is 15.1. The van der Waals surface area contributed by atoms with Gasteiger partial charge in [-0.1, -0.05) is 33.1 Å². The number of hydrogen-bond donors (Lipinski definition) is 2. The van der Waals surface area contributed by atoms with Crippen molar-refractivity contribution in [3.8, 4) is 11.5 Å². The van der Waals surface area contributed by atoms with Crippen LogP contribution in [0.4, 0.5) is 8.78 Å². The Morgan fingerprint density at radius 1 is 1.00 bits per heavy atom. The maximum Gasteiger partial charge on any atom is 0.336 e. The normalized spacial score (nSPS) is 23.4. The molecule has 1 fully saturated rings. The van der Waals surface area contributed by atoms with Crippen molar-refractivity contribution in [1.29, 1.82) is 0 Å². The number of fused-ring (bicyclic) bond motifs is 3. The van der Waals surface area contributed by atoms with E-state index in [4.69, 9.17) is 9.97 Å². The number of amides is 2. The molecule has 0 spiro atoms. The standard InChI is InChI=1S/C36H45F2N7O5S/c1-22-27-10-9-24-18-30(44(31(24)40-27)14-8-6-5-7-12-35(2,3)34(47)39-22)32-41-28-19-26-23(17-29(28)42(32)4)11-15-43(33(26)46)21-25-20-36(37,38)13-16-45(25)51(48,49)50/h9-10,17-19,22,25H,5-8,11-16,20-21H2,1-4H3,(H,39,47)(H,48,49,50)/t22-,25-/m1/s1. The molecule has 0 saturated carbocycles. The number of nitrogens with one attached hydrogen (secondary N) is 1. The Hall–Kier alpha value is -3.95. The van der Waals surface area contributed by atoms with Crippen molar-refractivity contribution in [3.63, 3.8) is 0 Å². The number of aromatic nitrogens is 4. The van der Waals surface area contributed by atoms with Gasteiger partial charge in [0.15, 0.2) is 5.82 Å². The molecule has 12 nitrogen and oxygen atoms in total. The highest BCUT2D eigenvalue weighted by molar-refractivity contribution is 7.83. The van der Waals surface area contributed by atoms with Crippen molar-refractivity contribution in [3.05, 3.63) is 47.2 Å². The highest BCUT2D eigenvalue weighted by Gasteiger charge is 2.45. The van der Waals surface area contributed by atoms with Crippen molar-refractivity contribution in [2.75, 3.05) is 19.6 Å². The van der Waals surface area contributed by atoms with E-state index in [1.54, 1.807) is 6.07 Å². The number of alkyl halides is 2. The Morgan fingerprint density at radius 2 is 1.76 bits per heavy atom. The van der Waals surface area contributed by atoms with Crippen molar-refractivity contribution < 1.29 is 31.3 Å². The molecule has 1 aromatic carbocycles. The van der Waals surface area contributed by atoms with Crippen LogP contribution in [0.5, 0.6) is 0 Å². The van der Waals surface area contributed by atoms with E-state index in [1.807, 2.05) is 50.6 Å². The van der Waals surface area contributed by atoms with Crippen LogP contribution < -0.4 is 5.32 Å². The molecule has 4 aromatic rings. The lowest BCUT2D eigenvalue weighted by atomic mass is 9.85. The summed E-state index contributed by atoms with van der Waals surface area (Å²) in [5, 5.41) is 4.12. The van der Waals surface area contributed by atoms with Gasteiger partial charge in [-0.25, -0.2) is 18.7 Å². The Kier molecular flexibility index (Phi) is 8.98. The minimum absolute atomic E-state index is 0.0182. The molecular weight excluding hydrogens is 681 g/mol. The van der Waals surface area contributed by atoms with Gasteiger partial charge in [-0.3, -0.25) is 14.1 Å². The number of carbonyl (C=O) groups excluding carboxylic acids is 2. The van der Waals surface area contributed by atoms with Crippen molar-refractivity contribution >= 4 is 44.2 Å². The Morgan fingerprint density at radius 3 is 2.53 bits per heavy atom.